The Bertz CT molecular complexity index is 265. The first kappa shape index (κ1) is 13.2. The third kappa shape index (κ3) is 5.50. The van der Waals surface area contributed by atoms with Crippen LogP contribution in [-0.4, -0.2) is 35.6 Å². The predicted molar refractivity (Wildman–Crippen MR) is 52.0 cm³/mol. The van der Waals surface area contributed by atoms with E-state index in [-0.39, 0.29) is 5.92 Å². The van der Waals surface area contributed by atoms with Gasteiger partial charge in [-0.1, -0.05) is 13.8 Å². The van der Waals surface area contributed by atoms with Crippen LogP contribution in [-0.2, 0) is 9.59 Å². The molecule has 0 aromatic carbocycles. The molecule has 0 aromatic rings. The van der Waals surface area contributed by atoms with Crippen molar-refractivity contribution < 1.29 is 19.5 Å². The van der Waals surface area contributed by atoms with Gasteiger partial charge >= 0.3 is 12.0 Å². The predicted octanol–water partition coefficient (Wildman–Crippen LogP) is -1.12. The van der Waals surface area contributed by atoms with E-state index < -0.39 is 30.5 Å². The molecule has 0 bridgehead atoms. The summed E-state index contributed by atoms with van der Waals surface area (Å²) in [5.41, 5.74) is 4.88. The SMILES string of the molecule is CC(C)C(NC(N)=O)C(=O)NCC(=O)O. The minimum Gasteiger partial charge on any atom is -0.480 e. The number of nitrogens with one attached hydrogen (secondary N) is 2. The molecule has 0 aromatic heterocycles. The van der Waals surface area contributed by atoms with Crippen LogP contribution in [0.5, 0.6) is 0 Å². The van der Waals surface area contributed by atoms with Crippen molar-refractivity contribution in [2.24, 2.45) is 11.7 Å². The van der Waals surface area contributed by atoms with Crippen molar-refractivity contribution in [2.75, 3.05) is 6.54 Å². The van der Waals surface area contributed by atoms with E-state index in [1.54, 1.807) is 13.8 Å². The summed E-state index contributed by atoms with van der Waals surface area (Å²) in [7, 11) is 0. The number of hydrogen-bond donors (Lipinski definition) is 4. The van der Waals surface area contributed by atoms with Crippen LogP contribution < -0.4 is 16.4 Å². The van der Waals surface area contributed by atoms with Crippen molar-refractivity contribution in [3.8, 4) is 0 Å². The molecule has 0 aliphatic rings. The summed E-state index contributed by atoms with van der Waals surface area (Å²) < 4.78 is 0. The number of carbonyl (C=O) groups is 3. The molecule has 86 valence electrons. The standard InChI is InChI=1S/C8H15N3O4/c1-4(2)6(11-8(9)15)7(14)10-3-5(12)13/h4,6H,3H2,1-2H3,(H,10,14)(H,12,13)(H3,9,11,15). The van der Waals surface area contributed by atoms with Crippen LogP contribution in [0.15, 0.2) is 0 Å². The van der Waals surface area contributed by atoms with Gasteiger partial charge in [0.25, 0.3) is 0 Å². The Morgan fingerprint density at radius 3 is 2.20 bits per heavy atom. The second-order valence-corrected chi connectivity index (χ2v) is 3.34. The molecular weight excluding hydrogens is 202 g/mol. The van der Waals surface area contributed by atoms with Gasteiger partial charge in [-0.25, -0.2) is 4.79 Å². The average molecular weight is 217 g/mol. The number of aliphatic carboxylic acids is 1. The first-order valence-electron chi connectivity index (χ1n) is 4.40. The Balaban J connectivity index is 4.29. The molecule has 0 fully saturated rings. The maximum atomic E-state index is 11.4. The molecule has 15 heavy (non-hydrogen) atoms. The first-order valence-corrected chi connectivity index (χ1v) is 4.40. The quantitative estimate of drug-likeness (QED) is 0.466. The van der Waals surface area contributed by atoms with Crippen molar-refractivity contribution in [3.05, 3.63) is 0 Å². The molecule has 5 N–H and O–H groups in total. The number of primary amides is 1. The summed E-state index contributed by atoms with van der Waals surface area (Å²) in [6.07, 6.45) is 0. The minimum absolute atomic E-state index is 0.175. The van der Waals surface area contributed by atoms with Crippen molar-refractivity contribution in [1.29, 1.82) is 0 Å². The van der Waals surface area contributed by atoms with Crippen LogP contribution >= 0.6 is 0 Å². The second-order valence-electron chi connectivity index (χ2n) is 3.34. The van der Waals surface area contributed by atoms with E-state index >= 15 is 0 Å². The number of hydrogen-bond acceptors (Lipinski definition) is 3. The van der Waals surface area contributed by atoms with Gasteiger partial charge in [-0.2, -0.15) is 0 Å². The number of amides is 3. The van der Waals surface area contributed by atoms with E-state index in [0.717, 1.165) is 0 Å². The zero-order valence-corrected chi connectivity index (χ0v) is 8.61. The monoisotopic (exact) mass is 217 g/mol. The topological polar surface area (TPSA) is 122 Å². The molecule has 7 nitrogen and oxygen atoms in total. The lowest BCUT2D eigenvalue weighted by Crippen LogP contribution is -2.52. The number of nitrogens with two attached hydrogens (primary N) is 1. The summed E-state index contributed by atoms with van der Waals surface area (Å²) >= 11 is 0. The number of urea groups is 1. The van der Waals surface area contributed by atoms with Gasteiger partial charge in [0.1, 0.15) is 12.6 Å². The number of rotatable bonds is 5. The molecule has 1 unspecified atom stereocenters. The van der Waals surface area contributed by atoms with Crippen LogP contribution in [0, 0.1) is 5.92 Å². The number of carboxylic acid groups (broad SMARTS) is 1. The molecule has 0 rings (SSSR count). The Hall–Kier alpha value is -1.79. The average Bonchev–Trinajstić information content (AvgIpc) is 2.09. The van der Waals surface area contributed by atoms with Gasteiger partial charge < -0.3 is 21.5 Å². The molecule has 0 heterocycles. The molecule has 0 aliphatic heterocycles. The van der Waals surface area contributed by atoms with Crippen LogP contribution in [0.2, 0.25) is 0 Å². The van der Waals surface area contributed by atoms with Crippen molar-refractivity contribution in [3.63, 3.8) is 0 Å². The van der Waals surface area contributed by atoms with Crippen LogP contribution in [0.25, 0.3) is 0 Å². The molecule has 3 amide bonds. The van der Waals surface area contributed by atoms with Crippen molar-refractivity contribution in [1.82, 2.24) is 10.6 Å². The summed E-state index contributed by atoms with van der Waals surface area (Å²) in [6, 6.07) is -1.64. The minimum atomic E-state index is -1.15. The fraction of sp³-hybridized carbons (Fsp3) is 0.625. The molecule has 7 heteroatoms. The van der Waals surface area contributed by atoms with Crippen LogP contribution in [0.1, 0.15) is 13.8 Å². The van der Waals surface area contributed by atoms with Gasteiger partial charge in [-0.15, -0.1) is 0 Å². The highest BCUT2D eigenvalue weighted by Crippen LogP contribution is 2.00. The molecular formula is C8H15N3O4. The van der Waals surface area contributed by atoms with Gasteiger partial charge in [0, 0.05) is 0 Å². The largest absolute Gasteiger partial charge is 0.480 e. The summed E-state index contributed by atoms with van der Waals surface area (Å²) in [5, 5.41) is 12.7. The summed E-state index contributed by atoms with van der Waals surface area (Å²) in [5.74, 6) is -1.89. The smallest absolute Gasteiger partial charge is 0.322 e. The molecule has 0 aliphatic carbocycles. The lowest BCUT2D eigenvalue weighted by molar-refractivity contribution is -0.138. The third-order valence-corrected chi connectivity index (χ3v) is 1.66. The maximum absolute atomic E-state index is 11.4. The van der Waals surface area contributed by atoms with E-state index in [0.29, 0.717) is 0 Å². The second kappa shape index (κ2) is 5.84. The van der Waals surface area contributed by atoms with Gasteiger partial charge in [0.15, 0.2) is 0 Å². The van der Waals surface area contributed by atoms with Crippen molar-refractivity contribution >= 4 is 17.9 Å². The summed E-state index contributed by atoms with van der Waals surface area (Å²) in [6.45, 7) is 2.93. The van der Waals surface area contributed by atoms with E-state index in [9.17, 15) is 14.4 Å². The fourth-order valence-corrected chi connectivity index (χ4v) is 0.961. The highest BCUT2D eigenvalue weighted by molar-refractivity contribution is 5.88. The maximum Gasteiger partial charge on any atom is 0.322 e. The van der Waals surface area contributed by atoms with Gasteiger partial charge in [-0.3, -0.25) is 9.59 Å². The first-order chi connectivity index (χ1) is 6.84. The molecule has 0 spiro atoms. The number of carboxylic acids is 1. The van der Waals surface area contributed by atoms with Crippen molar-refractivity contribution in [2.45, 2.75) is 19.9 Å². The van der Waals surface area contributed by atoms with Crippen LogP contribution in [0.3, 0.4) is 0 Å². The zero-order valence-electron chi connectivity index (χ0n) is 8.61. The Labute approximate surface area is 87.0 Å². The van der Waals surface area contributed by atoms with Gasteiger partial charge in [0.2, 0.25) is 5.91 Å². The number of carbonyl (C=O) groups excluding carboxylic acids is 2. The van der Waals surface area contributed by atoms with Gasteiger partial charge in [-0.05, 0) is 5.92 Å². The normalized spacial score (nSPS) is 11.9. The Kier molecular flexibility index (Phi) is 5.14. The van der Waals surface area contributed by atoms with E-state index in [2.05, 4.69) is 10.6 Å². The Morgan fingerprint density at radius 2 is 1.87 bits per heavy atom. The molecule has 0 radical (unpaired) electrons. The zero-order chi connectivity index (χ0) is 12.0. The lowest BCUT2D eigenvalue weighted by Gasteiger charge is -2.19. The van der Waals surface area contributed by atoms with Crippen LogP contribution in [0.4, 0.5) is 4.79 Å². The van der Waals surface area contributed by atoms with E-state index in [1.165, 1.54) is 0 Å². The molecule has 0 saturated heterocycles. The molecule has 0 saturated carbocycles. The van der Waals surface area contributed by atoms with Gasteiger partial charge in [0.05, 0.1) is 0 Å². The van der Waals surface area contributed by atoms with E-state index in [4.69, 9.17) is 10.8 Å². The third-order valence-electron chi connectivity index (χ3n) is 1.66. The highest BCUT2D eigenvalue weighted by atomic mass is 16.4. The summed E-state index contributed by atoms with van der Waals surface area (Å²) in [4.78, 5) is 32.1. The Morgan fingerprint density at radius 1 is 1.33 bits per heavy atom. The molecule has 1 atom stereocenters. The lowest BCUT2D eigenvalue weighted by atomic mass is 10.0. The fourth-order valence-electron chi connectivity index (χ4n) is 0.961. The van der Waals surface area contributed by atoms with E-state index in [1.807, 2.05) is 0 Å². The highest BCUT2D eigenvalue weighted by Gasteiger charge is 2.23.